The molecule has 0 aliphatic carbocycles. The molecule has 1 saturated heterocycles. The highest BCUT2D eigenvalue weighted by Crippen LogP contribution is 2.13. The summed E-state index contributed by atoms with van der Waals surface area (Å²) < 4.78 is 5.53. The van der Waals surface area contributed by atoms with Gasteiger partial charge in [-0.05, 0) is 37.1 Å². The summed E-state index contributed by atoms with van der Waals surface area (Å²) in [6.07, 6.45) is 1.18. The molecule has 0 spiro atoms. The molecule has 1 fully saturated rings. The van der Waals surface area contributed by atoms with Gasteiger partial charge in [0.25, 0.3) is 0 Å². The predicted octanol–water partition coefficient (Wildman–Crippen LogP) is 2.55. The first kappa shape index (κ1) is 23.6. The number of nitrogens with zero attached hydrogens (tertiary/aromatic N) is 3. The van der Waals surface area contributed by atoms with E-state index in [4.69, 9.17) is 4.74 Å². The van der Waals surface area contributed by atoms with Crippen molar-refractivity contribution in [2.75, 3.05) is 53.5 Å². The minimum Gasteiger partial charge on any atom is -0.379 e. The van der Waals surface area contributed by atoms with Gasteiger partial charge in [0.2, 0.25) is 0 Å². The minimum absolute atomic E-state index is 0.505. The number of ether oxygens (including phenoxy) is 1. The lowest BCUT2D eigenvalue weighted by Gasteiger charge is -2.35. The third kappa shape index (κ3) is 8.72. The molecular formula is C23H41N5O. The van der Waals surface area contributed by atoms with Crippen LogP contribution in [-0.4, -0.2) is 75.3 Å². The molecule has 0 radical (unpaired) electrons. The predicted molar refractivity (Wildman–Crippen MR) is 122 cm³/mol. The molecule has 0 amide bonds. The van der Waals surface area contributed by atoms with E-state index in [2.05, 4.69) is 77.5 Å². The van der Waals surface area contributed by atoms with E-state index in [0.717, 1.165) is 58.4 Å². The Morgan fingerprint density at radius 2 is 1.93 bits per heavy atom. The fourth-order valence-electron chi connectivity index (χ4n) is 3.73. The lowest BCUT2D eigenvalue weighted by molar-refractivity contribution is 0.0132. The zero-order valence-electron chi connectivity index (χ0n) is 19.1. The Balaban J connectivity index is 1.86. The molecule has 1 unspecified atom stereocenters. The van der Waals surface area contributed by atoms with E-state index >= 15 is 0 Å². The van der Waals surface area contributed by atoms with Crippen molar-refractivity contribution in [3.63, 3.8) is 0 Å². The Hall–Kier alpha value is -1.63. The summed E-state index contributed by atoms with van der Waals surface area (Å²) in [4.78, 5) is 9.29. The van der Waals surface area contributed by atoms with Gasteiger partial charge in [0, 0.05) is 45.8 Å². The summed E-state index contributed by atoms with van der Waals surface area (Å²) in [7, 11) is 3.99. The summed E-state index contributed by atoms with van der Waals surface area (Å²) in [6.45, 7) is 14.2. The molecule has 0 saturated carbocycles. The Morgan fingerprint density at radius 1 is 1.21 bits per heavy atom. The second-order valence-corrected chi connectivity index (χ2v) is 8.39. The van der Waals surface area contributed by atoms with Gasteiger partial charge in [-0.1, -0.05) is 45.0 Å². The molecule has 2 N–H and O–H groups in total. The van der Waals surface area contributed by atoms with Crippen LogP contribution in [0.3, 0.4) is 0 Å². The molecule has 2 rings (SSSR count). The van der Waals surface area contributed by atoms with Gasteiger partial charge in [-0.3, -0.25) is 9.89 Å². The summed E-state index contributed by atoms with van der Waals surface area (Å²) in [5.74, 6) is 1.53. The van der Waals surface area contributed by atoms with Gasteiger partial charge in [0.1, 0.15) is 0 Å². The van der Waals surface area contributed by atoms with Crippen molar-refractivity contribution in [2.45, 2.75) is 46.3 Å². The van der Waals surface area contributed by atoms with Crippen LogP contribution >= 0.6 is 0 Å². The second kappa shape index (κ2) is 12.8. The van der Waals surface area contributed by atoms with E-state index in [0.29, 0.717) is 12.0 Å². The van der Waals surface area contributed by atoms with Gasteiger partial charge >= 0.3 is 0 Å². The smallest absolute Gasteiger partial charge is 0.191 e. The van der Waals surface area contributed by atoms with Crippen LogP contribution in [-0.2, 0) is 17.8 Å². The number of hydrogen-bond acceptors (Lipinski definition) is 4. The standard InChI is InChI=1S/C23H41N5O/c1-6-27(5)18-21-9-7-8-20(15-21)16-25-23(24-4)26-17-22(14-19(2)3)28-10-12-29-13-11-28/h7-9,15,19,22H,6,10-14,16-18H2,1-5H3,(H2,24,25,26). The third-order valence-electron chi connectivity index (χ3n) is 5.48. The van der Waals surface area contributed by atoms with Crippen LogP contribution in [0.15, 0.2) is 29.3 Å². The molecule has 1 heterocycles. The maximum absolute atomic E-state index is 5.53. The Morgan fingerprint density at radius 3 is 2.59 bits per heavy atom. The van der Waals surface area contributed by atoms with Crippen molar-refractivity contribution in [3.8, 4) is 0 Å². The van der Waals surface area contributed by atoms with Crippen molar-refractivity contribution in [1.29, 1.82) is 0 Å². The molecule has 0 aromatic heterocycles. The average Bonchev–Trinajstić information content (AvgIpc) is 2.73. The largest absolute Gasteiger partial charge is 0.379 e. The third-order valence-corrected chi connectivity index (χ3v) is 5.48. The summed E-state index contributed by atoms with van der Waals surface area (Å²) in [6, 6.07) is 9.29. The molecule has 0 bridgehead atoms. The van der Waals surface area contributed by atoms with E-state index in [1.807, 2.05) is 7.05 Å². The highest BCUT2D eigenvalue weighted by molar-refractivity contribution is 5.79. The van der Waals surface area contributed by atoms with Gasteiger partial charge in [-0.15, -0.1) is 0 Å². The number of guanidine groups is 1. The summed E-state index contributed by atoms with van der Waals surface area (Å²) in [5, 5.41) is 7.02. The molecule has 1 aliphatic rings. The Bertz CT molecular complexity index is 613. The zero-order valence-corrected chi connectivity index (χ0v) is 19.1. The van der Waals surface area contributed by atoms with Crippen LogP contribution in [0.1, 0.15) is 38.3 Å². The van der Waals surface area contributed by atoms with Crippen LogP contribution in [0.2, 0.25) is 0 Å². The lowest BCUT2D eigenvalue weighted by Crippen LogP contribution is -2.50. The maximum atomic E-state index is 5.53. The van der Waals surface area contributed by atoms with E-state index in [9.17, 15) is 0 Å². The molecule has 1 atom stereocenters. The zero-order chi connectivity index (χ0) is 21.1. The number of aliphatic imine (C=N–C) groups is 1. The molecule has 1 aliphatic heterocycles. The molecular weight excluding hydrogens is 362 g/mol. The van der Waals surface area contributed by atoms with Crippen molar-refractivity contribution >= 4 is 5.96 Å². The first-order chi connectivity index (χ1) is 14.0. The topological polar surface area (TPSA) is 52.1 Å². The van der Waals surface area contributed by atoms with Crippen molar-refractivity contribution in [2.24, 2.45) is 10.9 Å². The number of morpholine rings is 1. The maximum Gasteiger partial charge on any atom is 0.191 e. The number of rotatable bonds is 10. The Kier molecular flexibility index (Phi) is 10.5. The van der Waals surface area contributed by atoms with Crippen LogP contribution in [0, 0.1) is 5.92 Å². The van der Waals surface area contributed by atoms with E-state index in [-0.39, 0.29) is 0 Å². The van der Waals surface area contributed by atoms with Crippen molar-refractivity contribution in [3.05, 3.63) is 35.4 Å². The van der Waals surface area contributed by atoms with Crippen molar-refractivity contribution in [1.82, 2.24) is 20.4 Å². The molecule has 6 heteroatoms. The monoisotopic (exact) mass is 403 g/mol. The van der Waals surface area contributed by atoms with Gasteiger partial charge in [0.05, 0.1) is 13.2 Å². The molecule has 1 aromatic rings. The summed E-state index contributed by atoms with van der Waals surface area (Å²) >= 11 is 0. The molecule has 29 heavy (non-hydrogen) atoms. The minimum atomic E-state index is 0.505. The first-order valence-electron chi connectivity index (χ1n) is 11.0. The lowest BCUT2D eigenvalue weighted by atomic mass is 10.0. The highest BCUT2D eigenvalue weighted by atomic mass is 16.5. The van der Waals surface area contributed by atoms with Crippen molar-refractivity contribution < 1.29 is 4.74 Å². The van der Waals surface area contributed by atoms with Gasteiger partial charge < -0.3 is 20.3 Å². The Labute approximate surface area is 177 Å². The van der Waals surface area contributed by atoms with E-state index in [1.54, 1.807) is 0 Å². The van der Waals surface area contributed by atoms with E-state index < -0.39 is 0 Å². The van der Waals surface area contributed by atoms with Crippen LogP contribution < -0.4 is 10.6 Å². The van der Waals surface area contributed by atoms with Gasteiger partial charge in [0.15, 0.2) is 5.96 Å². The fraction of sp³-hybridized carbons (Fsp3) is 0.696. The first-order valence-corrected chi connectivity index (χ1v) is 11.0. The molecule has 1 aromatic carbocycles. The van der Waals surface area contributed by atoms with Crippen LogP contribution in [0.5, 0.6) is 0 Å². The molecule has 6 nitrogen and oxygen atoms in total. The number of nitrogens with one attached hydrogen (secondary N) is 2. The number of hydrogen-bond donors (Lipinski definition) is 2. The van der Waals surface area contributed by atoms with Crippen LogP contribution in [0.25, 0.3) is 0 Å². The van der Waals surface area contributed by atoms with Gasteiger partial charge in [-0.2, -0.15) is 0 Å². The van der Waals surface area contributed by atoms with Crippen LogP contribution in [0.4, 0.5) is 0 Å². The van der Waals surface area contributed by atoms with Gasteiger partial charge in [-0.25, -0.2) is 0 Å². The SMILES string of the molecule is CCN(C)Cc1cccc(CNC(=NC)NCC(CC(C)C)N2CCOCC2)c1. The highest BCUT2D eigenvalue weighted by Gasteiger charge is 2.22. The second-order valence-electron chi connectivity index (χ2n) is 8.39. The number of benzene rings is 1. The average molecular weight is 404 g/mol. The summed E-state index contributed by atoms with van der Waals surface area (Å²) in [5.41, 5.74) is 2.63. The normalized spacial score (nSPS) is 17.0. The fourth-order valence-corrected chi connectivity index (χ4v) is 3.73. The quantitative estimate of drug-likeness (QED) is 0.464. The molecule has 164 valence electrons. The van der Waals surface area contributed by atoms with E-state index in [1.165, 1.54) is 17.5 Å².